The summed E-state index contributed by atoms with van der Waals surface area (Å²) < 4.78 is 19.3. The number of rotatable bonds is 5. The van der Waals surface area contributed by atoms with Crippen molar-refractivity contribution in [3.63, 3.8) is 0 Å². The van der Waals surface area contributed by atoms with E-state index in [2.05, 4.69) is 16.9 Å². The third kappa shape index (κ3) is 3.89. The Morgan fingerprint density at radius 2 is 2.29 bits per heavy atom. The number of nitrogens with one attached hydrogen (secondary N) is 1. The number of halogens is 1. The molecule has 0 aliphatic carbocycles. The van der Waals surface area contributed by atoms with E-state index in [0.717, 1.165) is 17.3 Å². The maximum Gasteiger partial charge on any atom is 0.247 e. The van der Waals surface area contributed by atoms with E-state index in [4.69, 9.17) is 4.74 Å². The predicted molar refractivity (Wildman–Crippen MR) is 78.5 cm³/mol. The van der Waals surface area contributed by atoms with Crippen molar-refractivity contribution in [2.75, 3.05) is 5.32 Å². The molecule has 0 fully saturated rings. The smallest absolute Gasteiger partial charge is 0.247 e. The molecule has 2 rings (SSSR count). The van der Waals surface area contributed by atoms with Crippen LogP contribution in [0.15, 0.2) is 49.2 Å². The zero-order valence-electron chi connectivity index (χ0n) is 11.6. The van der Waals surface area contributed by atoms with Crippen molar-refractivity contribution in [3.05, 3.63) is 66.3 Å². The molecule has 1 aromatic heterocycles. The number of carbonyl (C=O) groups is 1. The molecule has 0 spiro atoms. The topological polar surface area (TPSA) is 51.2 Å². The monoisotopic (exact) mass is 286 g/mol. The fraction of sp³-hybridized carbons (Fsp3) is 0.125. The lowest BCUT2D eigenvalue weighted by Gasteiger charge is -2.10. The van der Waals surface area contributed by atoms with Gasteiger partial charge in [0.15, 0.2) is 11.6 Å². The van der Waals surface area contributed by atoms with Gasteiger partial charge in [0.2, 0.25) is 5.91 Å². The number of anilines is 1. The highest BCUT2D eigenvalue weighted by Gasteiger charge is 2.07. The Hall–Kier alpha value is -2.69. The molecule has 0 radical (unpaired) electrons. The second-order valence-electron chi connectivity index (χ2n) is 4.38. The number of amides is 1. The van der Waals surface area contributed by atoms with Gasteiger partial charge in [-0.3, -0.25) is 9.78 Å². The molecule has 1 heterocycles. The molecule has 0 atom stereocenters. The Kier molecular flexibility index (Phi) is 4.66. The number of aromatic nitrogens is 1. The summed E-state index contributed by atoms with van der Waals surface area (Å²) in [6, 6.07) is 7.91. The third-order valence-electron chi connectivity index (χ3n) is 2.88. The van der Waals surface area contributed by atoms with Crippen molar-refractivity contribution < 1.29 is 13.9 Å². The van der Waals surface area contributed by atoms with Gasteiger partial charge in [-0.15, -0.1) is 0 Å². The first-order valence-corrected chi connectivity index (χ1v) is 6.36. The van der Waals surface area contributed by atoms with Crippen LogP contribution >= 0.6 is 0 Å². The number of benzene rings is 1. The summed E-state index contributed by atoms with van der Waals surface area (Å²) in [6.07, 6.45) is 2.81. The summed E-state index contributed by atoms with van der Waals surface area (Å²) >= 11 is 0. The van der Waals surface area contributed by atoms with Crippen molar-refractivity contribution >= 4 is 11.6 Å². The van der Waals surface area contributed by atoms with Crippen molar-refractivity contribution in [1.82, 2.24) is 4.98 Å². The van der Waals surface area contributed by atoms with Gasteiger partial charge in [-0.05, 0) is 31.2 Å². The number of hydrogen-bond donors (Lipinski definition) is 1. The minimum absolute atomic E-state index is 0.120. The van der Waals surface area contributed by atoms with Crippen LogP contribution in [0.1, 0.15) is 11.3 Å². The van der Waals surface area contributed by atoms with E-state index in [0.29, 0.717) is 5.69 Å². The van der Waals surface area contributed by atoms with Gasteiger partial charge in [-0.25, -0.2) is 4.39 Å². The fourth-order valence-corrected chi connectivity index (χ4v) is 1.71. The van der Waals surface area contributed by atoms with Crippen LogP contribution in [0.4, 0.5) is 10.1 Å². The quantitative estimate of drug-likeness (QED) is 0.858. The highest BCUT2D eigenvalue weighted by molar-refractivity contribution is 5.98. The van der Waals surface area contributed by atoms with Gasteiger partial charge >= 0.3 is 0 Å². The standard InChI is InChI=1S/C16H15FN2O2/c1-3-16(20)19-13-6-7-15(14(17)9-13)21-10-12-5-4-8-18-11(12)2/h3-9H,1,10H2,2H3,(H,19,20). The van der Waals surface area contributed by atoms with E-state index in [-0.39, 0.29) is 12.4 Å². The summed E-state index contributed by atoms with van der Waals surface area (Å²) in [7, 11) is 0. The van der Waals surface area contributed by atoms with Gasteiger partial charge in [0.25, 0.3) is 0 Å². The van der Waals surface area contributed by atoms with Crippen molar-refractivity contribution in [2.24, 2.45) is 0 Å². The molecule has 0 aliphatic rings. The van der Waals surface area contributed by atoms with Crippen LogP contribution in [-0.4, -0.2) is 10.9 Å². The molecule has 5 heteroatoms. The number of pyridine rings is 1. The molecule has 0 saturated heterocycles. The van der Waals surface area contributed by atoms with Gasteiger partial charge in [0.05, 0.1) is 0 Å². The summed E-state index contributed by atoms with van der Waals surface area (Å²) in [5.41, 5.74) is 2.08. The second-order valence-corrected chi connectivity index (χ2v) is 4.38. The Morgan fingerprint density at radius 1 is 1.48 bits per heavy atom. The van der Waals surface area contributed by atoms with E-state index in [1.807, 2.05) is 13.0 Å². The van der Waals surface area contributed by atoms with Crippen molar-refractivity contribution in [3.8, 4) is 5.75 Å². The van der Waals surface area contributed by atoms with Gasteiger partial charge in [-0.1, -0.05) is 12.6 Å². The Labute approximate surface area is 122 Å². The minimum atomic E-state index is -0.543. The van der Waals surface area contributed by atoms with Crippen LogP contribution in [0.2, 0.25) is 0 Å². The molecule has 21 heavy (non-hydrogen) atoms. The first-order valence-electron chi connectivity index (χ1n) is 6.36. The minimum Gasteiger partial charge on any atom is -0.486 e. The second kappa shape index (κ2) is 6.65. The predicted octanol–water partition coefficient (Wildman–Crippen LogP) is 3.23. The summed E-state index contributed by atoms with van der Waals surface area (Å²) in [4.78, 5) is 15.3. The third-order valence-corrected chi connectivity index (χ3v) is 2.88. The average Bonchev–Trinajstić information content (AvgIpc) is 2.48. The van der Waals surface area contributed by atoms with Crippen LogP contribution in [0.3, 0.4) is 0 Å². The van der Waals surface area contributed by atoms with Gasteiger partial charge in [0.1, 0.15) is 6.61 Å². The molecule has 1 amide bonds. The summed E-state index contributed by atoms with van der Waals surface area (Å²) in [5.74, 6) is -0.817. The van der Waals surface area contributed by atoms with Crippen LogP contribution in [0, 0.1) is 12.7 Å². The molecular formula is C16H15FN2O2. The molecule has 2 aromatic rings. The molecule has 1 aromatic carbocycles. The van der Waals surface area contributed by atoms with E-state index >= 15 is 0 Å². The van der Waals surface area contributed by atoms with Gasteiger partial charge in [-0.2, -0.15) is 0 Å². The van der Waals surface area contributed by atoms with Crippen molar-refractivity contribution in [2.45, 2.75) is 13.5 Å². The van der Waals surface area contributed by atoms with Crippen molar-refractivity contribution in [1.29, 1.82) is 0 Å². The lowest BCUT2D eigenvalue weighted by Crippen LogP contribution is -2.07. The lowest BCUT2D eigenvalue weighted by molar-refractivity contribution is -0.111. The zero-order chi connectivity index (χ0) is 15.2. The highest BCUT2D eigenvalue weighted by atomic mass is 19.1. The van der Waals surface area contributed by atoms with Crippen LogP contribution in [0.5, 0.6) is 5.75 Å². The number of aryl methyl sites for hydroxylation is 1. The first kappa shape index (κ1) is 14.7. The van der Waals surface area contributed by atoms with E-state index < -0.39 is 11.7 Å². The number of ether oxygens (including phenoxy) is 1. The Morgan fingerprint density at radius 3 is 2.95 bits per heavy atom. The Bertz CT molecular complexity index is 671. The van der Waals surface area contributed by atoms with E-state index in [1.54, 1.807) is 18.3 Å². The normalized spacial score (nSPS) is 10.0. The van der Waals surface area contributed by atoms with E-state index in [1.165, 1.54) is 12.1 Å². The van der Waals surface area contributed by atoms with Crippen LogP contribution < -0.4 is 10.1 Å². The molecule has 1 N–H and O–H groups in total. The number of hydrogen-bond acceptors (Lipinski definition) is 3. The first-order chi connectivity index (χ1) is 10.1. The Balaban J connectivity index is 2.06. The largest absolute Gasteiger partial charge is 0.486 e. The highest BCUT2D eigenvalue weighted by Crippen LogP contribution is 2.22. The molecule has 108 valence electrons. The van der Waals surface area contributed by atoms with Gasteiger partial charge < -0.3 is 10.1 Å². The molecule has 0 saturated carbocycles. The SMILES string of the molecule is C=CC(=O)Nc1ccc(OCc2cccnc2C)c(F)c1. The van der Waals surface area contributed by atoms with E-state index in [9.17, 15) is 9.18 Å². The maximum atomic E-state index is 13.9. The summed E-state index contributed by atoms with van der Waals surface area (Å²) in [5, 5.41) is 2.48. The maximum absolute atomic E-state index is 13.9. The molecular weight excluding hydrogens is 271 g/mol. The fourth-order valence-electron chi connectivity index (χ4n) is 1.71. The number of carbonyl (C=O) groups excluding carboxylic acids is 1. The van der Waals surface area contributed by atoms with Crippen LogP contribution in [0.25, 0.3) is 0 Å². The molecule has 0 bridgehead atoms. The molecule has 4 nitrogen and oxygen atoms in total. The number of nitrogens with zero attached hydrogens (tertiary/aromatic N) is 1. The van der Waals surface area contributed by atoms with Crippen LogP contribution in [-0.2, 0) is 11.4 Å². The molecule has 0 aliphatic heterocycles. The lowest BCUT2D eigenvalue weighted by atomic mass is 10.2. The average molecular weight is 286 g/mol. The zero-order valence-corrected chi connectivity index (χ0v) is 11.6. The summed E-state index contributed by atoms with van der Waals surface area (Å²) in [6.45, 7) is 5.43. The van der Waals surface area contributed by atoms with Gasteiger partial charge in [0, 0.05) is 29.2 Å². The molecule has 0 unspecified atom stereocenters.